The summed E-state index contributed by atoms with van der Waals surface area (Å²) in [5.74, 6) is -1.22. The number of rotatable bonds is 6. The summed E-state index contributed by atoms with van der Waals surface area (Å²) in [5, 5.41) is 1.35. The van der Waals surface area contributed by atoms with Crippen LogP contribution in [0.4, 0.5) is 8.78 Å². The van der Waals surface area contributed by atoms with Crippen molar-refractivity contribution < 1.29 is 18.4 Å². The molecule has 126 valence electrons. The highest BCUT2D eigenvalue weighted by Crippen LogP contribution is 2.20. The van der Waals surface area contributed by atoms with E-state index in [1.165, 1.54) is 11.1 Å². The molecule has 7 nitrogen and oxygen atoms in total. The van der Waals surface area contributed by atoms with Crippen molar-refractivity contribution in [2.45, 2.75) is 25.9 Å². The summed E-state index contributed by atoms with van der Waals surface area (Å²) < 4.78 is 31.4. The molecule has 0 aromatic heterocycles. The van der Waals surface area contributed by atoms with Crippen LogP contribution < -0.4 is 16.2 Å². The van der Waals surface area contributed by atoms with Gasteiger partial charge < -0.3 is 16.2 Å². The van der Waals surface area contributed by atoms with Gasteiger partial charge in [-0.1, -0.05) is 0 Å². The van der Waals surface area contributed by atoms with Crippen molar-refractivity contribution >= 4 is 11.9 Å². The highest BCUT2D eigenvalue weighted by atomic mass is 19.1. The lowest BCUT2D eigenvalue weighted by molar-refractivity contribution is -0.158. The minimum atomic E-state index is -0.778. The Bertz CT molecular complexity index is 634. The van der Waals surface area contributed by atoms with Crippen LogP contribution in [0.25, 0.3) is 0 Å². The second-order valence-corrected chi connectivity index (χ2v) is 5.34. The van der Waals surface area contributed by atoms with Gasteiger partial charge in [-0.3, -0.25) is 4.84 Å². The highest BCUT2D eigenvalue weighted by molar-refractivity contribution is 5.95. The topological polar surface area (TPSA) is 98.5 Å². The third-order valence-electron chi connectivity index (χ3n) is 2.98. The fourth-order valence-corrected chi connectivity index (χ4v) is 2.01. The lowest BCUT2D eigenvalue weighted by Crippen LogP contribution is -2.53. The second kappa shape index (κ2) is 6.78. The number of nitrogens with two attached hydrogens (primary N) is 2. The molecular weight excluding hydrogens is 308 g/mol. The van der Waals surface area contributed by atoms with Gasteiger partial charge >= 0.3 is 0 Å². The van der Waals surface area contributed by atoms with Crippen LogP contribution in [0, 0.1) is 11.6 Å². The Morgan fingerprint density at radius 2 is 1.96 bits per heavy atom. The van der Waals surface area contributed by atoms with Gasteiger partial charge in [0, 0.05) is 12.5 Å². The van der Waals surface area contributed by atoms with E-state index in [0.717, 1.165) is 12.1 Å². The van der Waals surface area contributed by atoms with E-state index < -0.39 is 17.3 Å². The normalized spacial score (nSPS) is 16.8. The Kier molecular flexibility index (Phi) is 4.99. The van der Waals surface area contributed by atoms with E-state index in [2.05, 4.69) is 9.98 Å². The molecule has 0 saturated heterocycles. The molecular formula is C14H19F2N5O2. The van der Waals surface area contributed by atoms with Crippen LogP contribution in [0.1, 0.15) is 20.3 Å². The third-order valence-corrected chi connectivity index (χ3v) is 2.98. The monoisotopic (exact) mass is 327 g/mol. The lowest BCUT2D eigenvalue weighted by Gasteiger charge is -2.36. The van der Waals surface area contributed by atoms with Gasteiger partial charge in [0.15, 0.2) is 17.2 Å². The average Bonchev–Trinajstić information content (AvgIpc) is 2.42. The fourth-order valence-electron chi connectivity index (χ4n) is 2.01. The van der Waals surface area contributed by atoms with Crippen LogP contribution in [0.2, 0.25) is 0 Å². The number of benzene rings is 1. The van der Waals surface area contributed by atoms with Crippen LogP contribution in [-0.2, 0) is 4.84 Å². The third kappa shape index (κ3) is 4.28. The smallest absolute Gasteiger partial charge is 0.226 e. The summed E-state index contributed by atoms with van der Waals surface area (Å²) in [4.78, 5) is 13.5. The molecule has 4 N–H and O–H groups in total. The Hall–Kier alpha value is -2.42. The molecule has 23 heavy (non-hydrogen) atoms. The summed E-state index contributed by atoms with van der Waals surface area (Å²) in [6.07, 6.45) is 0.454. The van der Waals surface area contributed by atoms with Crippen LogP contribution >= 0.6 is 0 Å². The maximum atomic E-state index is 13.4. The number of hydroxylamine groups is 2. The molecule has 0 aliphatic carbocycles. The van der Waals surface area contributed by atoms with Gasteiger partial charge in [-0.05, 0) is 26.0 Å². The van der Waals surface area contributed by atoms with Crippen LogP contribution in [0.15, 0.2) is 28.2 Å². The summed E-state index contributed by atoms with van der Waals surface area (Å²) >= 11 is 0. The molecule has 0 spiro atoms. The van der Waals surface area contributed by atoms with Crippen molar-refractivity contribution in [2.75, 3.05) is 13.2 Å². The minimum absolute atomic E-state index is 0.0110. The standard InChI is InChI=1S/C14H19F2N5O2/c1-14(2)20-12(17)19-13(18)21(14)23-7-3-6-22-11-5-4-9(15)8-10(11)16/h4-5,8H,3,6-7H2,1-2H3,(H4,17,18,19,20). The van der Waals surface area contributed by atoms with Crippen molar-refractivity contribution in [3.63, 3.8) is 0 Å². The number of hydrogen-bond acceptors (Lipinski definition) is 7. The zero-order valence-electron chi connectivity index (χ0n) is 12.9. The molecule has 0 bridgehead atoms. The second-order valence-electron chi connectivity index (χ2n) is 5.34. The zero-order chi connectivity index (χ0) is 17.0. The Morgan fingerprint density at radius 3 is 2.61 bits per heavy atom. The van der Waals surface area contributed by atoms with Crippen molar-refractivity contribution in [2.24, 2.45) is 21.5 Å². The first-order valence-electron chi connectivity index (χ1n) is 7.00. The molecule has 0 fully saturated rings. The molecule has 0 atom stereocenters. The Morgan fingerprint density at radius 1 is 1.22 bits per heavy atom. The van der Waals surface area contributed by atoms with Crippen LogP contribution in [0.3, 0.4) is 0 Å². The molecule has 0 radical (unpaired) electrons. The van der Waals surface area contributed by atoms with E-state index in [9.17, 15) is 8.78 Å². The van der Waals surface area contributed by atoms with Gasteiger partial charge in [0.05, 0.1) is 13.2 Å². The maximum absolute atomic E-state index is 13.4. The molecule has 0 amide bonds. The summed E-state index contributed by atoms with van der Waals surface area (Å²) in [6.45, 7) is 3.98. The fraction of sp³-hybridized carbons (Fsp3) is 0.429. The van der Waals surface area contributed by atoms with Gasteiger partial charge in [-0.25, -0.2) is 13.8 Å². The average molecular weight is 327 g/mol. The molecule has 2 rings (SSSR count). The Labute approximate surface area is 132 Å². The summed E-state index contributed by atoms with van der Waals surface area (Å²) in [7, 11) is 0. The number of halogens is 2. The van der Waals surface area contributed by atoms with E-state index in [4.69, 9.17) is 21.0 Å². The maximum Gasteiger partial charge on any atom is 0.226 e. The van der Waals surface area contributed by atoms with E-state index >= 15 is 0 Å². The predicted molar refractivity (Wildman–Crippen MR) is 81.6 cm³/mol. The van der Waals surface area contributed by atoms with E-state index in [-0.39, 0.29) is 30.9 Å². The van der Waals surface area contributed by atoms with Gasteiger partial charge in [0.2, 0.25) is 11.9 Å². The van der Waals surface area contributed by atoms with Crippen molar-refractivity contribution in [1.82, 2.24) is 5.06 Å². The first-order chi connectivity index (χ1) is 10.8. The predicted octanol–water partition coefficient (Wildman–Crippen LogP) is 1.35. The van der Waals surface area contributed by atoms with Gasteiger partial charge in [0.25, 0.3) is 0 Å². The molecule has 1 heterocycles. The molecule has 9 heteroatoms. The lowest BCUT2D eigenvalue weighted by atomic mass is 10.2. The minimum Gasteiger partial charge on any atom is -0.490 e. The quantitative estimate of drug-likeness (QED) is 0.769. The number of nitrogens with zero attached hydrogens (tertiary/aromatic N) is 3. The first-order valence-corrected chi connectivity index (χ1v) is 7.00. The van der Waals surface area contributed by atoms with Gasteiger partial charge in [-0.2, -0.15) is 10.1 Å². The number of guanidine groups is 2. The summed E-state index contributed by atoms with van der Waals surface area (Å²) in [5.41, 5.74) is 10.5. The van der Waals surface area contributed by atoms with Crippen LogP contribution in [-0.4, -0.2) is 35.9 Å². The SMILES string of the molecule is CC1(C)N=C(N)N=C(N)N1OCCCOc1ccc(F)cc1F. The first kappa shape index (κ1) is 16.9. The van der Waals surface area contributed by atoms with E-state index in [1.807, 2.05) is 0 Å². The molecule has 1 aromatic carbocycles. The Balaban J connectivity index is 1.78. The van der Waals surface area contributed by atoms with Crippen LogP contribution in [0.5, 0.6) is 5.75 Å². The zero-order valence-corrected chi connectivity index (χ0v) is 12.9. The molecule has 0 saturated carbocycles. The highest BCUT2D eigenvalue weighted by Gasteiger charge is 2.32. The van der Waals surface area contributed by atoms with E-state index in [0.29, 0.717) is 6.42 Å². The molecule has 1 aromatic rings. The number of ether oxygens (including phenoxy) is 1. The molecule has 0 unspecified atom stereocenters. The largest absolute Gasteiger partial charge is 0.490 e. The van der Waals surface area contributed by atoms with Gasteiger partial charge in [0.1, 0.15) is 5.82 Å². The van der Waals surface area contributed by atoms with Crippen molar-refractivity contribution in [3.05, 3.63) is 29.8 Å². The van der Waals surface area contributed by atoms with Gasteiger partial charge in [-0.15, -0.1) is 0 Å². The molecule has 1 aliphatic heterocycles. The van der Waals surface area contributed by atoms with Crippen molar-refractivity contribution in [1.29, 1.82) is 0 Å². The van der Waals surface area contributed by atoms with E-state index in [1.54, 1.807) is 13.8 Å². The summed E-state index contributed by atoms with van der Waals surface area (Å²) in [6, 6.07) is 3.13. The number of aliphatic imine (C=N–C) groups is 2. The molecule has 1 aliphatic rings. The number of hydrogen-bond donors (Lipinski definition) is 2. The van der Waals surface area contributed by atoms with Crippen molar-refractivity contribution in [3.8, 4) is 5.75 Å².